The highest BCUT2D eigenvalue weighted by Crippen LogP contribution is 2.27. The zero-order valence-corrected chi connectivity index (χ0v) is 12.0. The van der Waals surface area contributed by atoms with Crippen LogP contribution in [-0.2, 0) is 4.74 Å². The van der Waals surface area contributed by atoms with Crippen molar-refractivity contribution in [1.29, 1.82) is 0 Å². The van der Waals surface area contributed by atoms with Crippen LogP contribution in [0.4, 0.5) is 0 Å². The van der Waals surface area contributed by atoms with Gasteiger partial charge >= 0.3 is 11.6 Å². The van der Waals surface area contributed by atoms with Crippen molar-refractivity contribution in [3.05, 3.63) is 38.8 Å². The van der Waals surface area contributed by atoms with Gasteiger partial charge in [0.15, 0.2) is 11.2 Å². The highest BCUT2D eigenvalue weighted by molar-refractivity contribution is 9.10. The molecule has 0 unspecified atom stereocenters. The first-order valence-corrected chi connectivity index (χ1v) is 6.68. The second kappa shape index (κ2) is 4.75. The number of hydrogen-bond donors (Lipinski definition) is 1. The van der Waals surface area contributed by atoms with Gasteiger partial charge in [0.1, 0.15) is 5.58 Å². The number of rotatable bonds is 2. The van der Waals surface area contributed by atoms with E-state index in [4.69, 9.17) is 9.15 Å². The lowest BCUT2D eigenvalue weighted by molar-refractivity contribution is 0.0522. The molecule has 0 atom stereocenters. The Bertz CT molecular complexity index is 881. The number of H-pyrrole nitrogens is 1. The molecule has 6 nitrogen and oxygen atoms in total. The van der Waals surface area contributed by atoms with Gasteiger partial charge in [-0.2, -0.15) is 5.10 Å². The molecule has 3 rings (SSSR count). The van der Waals surface area contributed by atoms with Gasteiger partial charge in [0.05, 0.1) is 12.0 Å². The molecule has 0 saturated heterocycles. The molecule has 7 heteroatoms. The Balaban J connectivity index is 2.44. The van der Waals surface area contributed by atoms with Crippen LogP contribution in [-0.4, -0.2) is 22.8 Å². The molecule has 0 spiro atoms. The smallest absolute Gasteiger partial charge is 0.364 e. The summed E-state index contributed by atoms with van der Waals surface area (Å²) < 4.78 is 10.9. The van der Waals surface area contributed by atoms with Gasteiger partial charge in [0, 0.05) is 9.86 Å². The van der Waals surface area contributed by atoms with Crippen LogP contribution in [0.3, 0.4) is 0 Å². The molecular formula is C13H9BrN2O4. The number of nitrogens with one attached hydrogen (secondary N) is 1. The van der Waals surface area contributed by atoms with E-state index in [9.17, 15) is 9.59 Å². The Morgan fingerprint density at radius 3 is 3.05 bits per heavy atom. The largest absolute Gasteiger partial charge is 0.461 e. The summed E-state index contributed by atoms with van der Waals surface area (Å²) in [6.07, 6.45) is 0. The number of hydrogen-bond acceptors (Lipinski definition) is 5. The van der Waals surface area contributed by atoms with Crippen LogP contribution < -0.4 is 5.63 Å². The molecule has 2 aromatic heterocycles. The van der Waals surface area contributed by atoms with Crippen LogP contribution in [0.25, 0.3) is 21.9 Å². The zero-order chi connectivity index (χ0) is 14.3. The standard InChI is InChI=1S/C13H9BrN2O4/c1-2-19-12(17)10-9-7-5-6(14)3-4-8(7)20-13(18)11(9)16-15-10/h3-5H,2H2,1H3,(H,15,16). The molecule has 3 aromatic rings. The van der Waals surface area contributed by atoms with E-state index >= 15 is 0 Å². The lowest BCUT2D eigenvalue weighted by Gasteiger charge is -2.02. The highest BCUT2D eigenvalue weighted by Gasteiger charge is 2.20. The van der Waals surface area contributed by atoms with Crippen molar-refractivity contribution in [3.8, 4) is 0 Å². The average Bonchev–Trinajstić information content (AvgIpc) is 2.86. The van der Waals surface area contributed by atoms with Crippen LogP contribution in [0.15, 0.2) is 31.9 Å². The number of aromatic nitrogens is 2. The first kappa shape index (κ1) is 12.9. The third-order valence-electron chi connectivity index (χ3n) is 2.85. The summed E-state index contributed by atoms with van der Waals surface area (Å²) in [4.78, 5) is 23.8. The maximum Gasteiger partial charge on any atom is 0.364 e. The minimum atomic E-state index is -0.596. The number of aromatic amines is 1. The predicted molar refractivity (Wildman–Crippen MR) is 75.8 cm³/mol. The highest BCUT2D eigenvalue weighted by atomic mass is 79.9. The summed E-state index contributed by atoms with van der Waals surface area (Å²) >= 11 is 3.35. The summed E-state index contributed by atoms with van der Waals surface area (Å²) in [5.41, 5.74) is 0.0239. The predicted octanol–water partition coefficient (Wildman–Crippen LogP) is 2.61. The fourth-order valence-electron chi connectivity index (χ4n) is 2.04. The van der Waals surface area contributed by atoms with Crippen molar-refractivity contribution in [1.82, 2.24) is 10.2 Å². The maximum atomic E-state index is 11.9. The zero-order valence-electron chi connectivity index (χ0n) is 10.4. The molecule has 0 aliphatic heterocycles. The molecule has 1 N–H and O–H groups in total. The van der Waals surface area contributed by atoms with Crippen molar-refractivity contribution in [2.75, 3.05) is 6.61 Å². The Hall–Kier alpha value is -2.15. The molecule has 20 heavy (non-hydrogen) atoms. The number of ether oxygens (including phenoxy) is 1. The molecule has 0 saturated carbocycles. The van der Waals surface area contributed by atoms with E-state index in [1.54, 1.807) is 25.1 Å². The summed E-state index contributed by atoms with van der Waals surface area (Å²) in [5, 5.41) is 7.43. The number of esters is 1. The summed E-state index contributed by atoms with van der Waals surface area (Å²) in [6.45, 7) is 1.95. The number of benzene rings is 1. The number of halogens is 1. The molecule has 1 aromatic carbocycles. The number of carbonyl (C=O) groups is 1. The van der Waals surface area contributed by atoms with Crippen molar-refractivity contribution in [3.63, 3.8) is 0 Å². The molecule has 0 aliphatic rings. The Kier molecular flexibility index (Phi) is 3.06. The molecule has 2 heterocycles. The van der Waals surface area contributed by atoms with Gasteiger partial charge in [-0.05, 0) is 25.1 Å². The maximum absolute atomic E-state index is 11.9. The fraction of sp³-hybridized carbons (Fsp3) is 0.154. The van der Waals surface area contributed by atoms with Crippen LogP contribution in [0.1, 0.15) is 17.4 Å². The molecule has 0 radical (unpaired) electrons. The monoisotopic (exact) mass is 336 g/mol. The van der Waals surface area contributed by atoms with Crippen molar-refractivity contribution in [2.24, 2.45) is 0 Å². The van der Waals surface area contributed by atoms with Crippen molar-refractivity contribution < 1.29 is 13.9 Å². The van der Waals surface area contributed by atoms with E-state index in [1.807, 2.05) is 0 Å². The van der Waals surface area contributed by atoms with Gasteiger partial charge in [-0.15, -0.1) is 0 Å². The normalized spacial score (nSPS) is 11.1. The van der Waals surface area contributed by atoms with Gasteiger partial charge < -0.3 is 9.15 Å². The Labute approximate surface area is 120 Å². The van der Waals surface area contributed by atoms with Crippen LogP contribution in [0, 0.1) is 0 Å². The Morgan fingerprint density at radius 2 is 2.30 bits per heavy atom. The molecule has 0 bridgehead atoms. The summed E-state index contributed by atoms with van der Waals surface area (Å²) in [5.74, 6) is -0.554. The first-order valence-electron chi connectivity index (χ1n) is 5.89. The van der Waals surface area contributed by atoms with Gasteiger partial charge in [-0.25, -0.2) is 9.59 Å². The van der Waals surface area contributed by atoms with E-state index in [-0.39, 0.29) is 17.8 Å². The first-order chi connectivity index (χ1) is 9.61. The summed E-state index contributed by atoms with van der Waals surface area (Å²) in [7, 11) is 0. The van der Waals surface area contributed by atoms with Crippen molar-refractivity contribution in [2.45, 2.75) is 6.92 Å². The number of carbonyl (C=O) groups excluding carboxylic acids is 1. The van der Waals surface area contributed by atoms with Crippen LogP contribution in [0.2, 0.25) is 0 Å². The molecule has 0 fully saturated rings. The van der Waals surface area contributed by atoms with Gasteiger partial charge in [0.25, 0.3) is 0 Å². The van der Waals surface area contributed by atoms with E-state index < -0.39 is 11.6 Å². The number of fused-ring (bicyclic) bond motifs is 3. The summed E-state index contributed by atoms with van der Waals surface area (Å²) in [6, 6.07) is 5.17. The van der Waals surface area contributed by atoms with E-state index in [0.29, 0.717) is 16.4 Å². The quantitative estimate of drug-likeness (QED) is 0.574. The molecule has 102 valence electrons. The van der Waals surface area contributed by atoms with E-state index in [2.05, 4.69) is 26.1 Å². The third kappa shape index (κ3) is 1.90. The third-order valence-corrected chi connectivity index (χ3v) is 3.35. The average molecular weight is 337 g/mol. The second-order valence-corrected chi connectivity index (χ2v) is 4.99. The lowest BCUT2D eigenvalue weighted by Crippen LogP contribution is -2.06. The Morgan fingerprint density at radius 1 is 1.50 bits per heavy atom. The molecule has 0 amide bonds. The van der Waals surface area contributed by atoms with E-state index in [1.165, 1.54) is 0 Å². The molecule has 0 aliphatic carbocycles. The second-order valence-electron chi connectivity index (χ2n) is 4.07. The van der Waals surface area contributed by atoms with Crippen molar-refractivity contribution >= 4 is 43.8 Å². The number of nitrogens with zero attached hydrogens (tertiary/aromatic N) is 1. The fourth-order valence-corrected chi connectivity index (χ4v) is 2.40. The minimum absolute atomic E-state index is 0.0821. The van der Waals surface area contributed by atoms with Gasteiger partial charge in [0.2, 0.25) is 0 Å². The van der Waals surface area contributed by atoms with Gasteiger partial charge in [-0.1, -0.05) is 15.9 Å². The molecular weight excluding hydrogens is 328 g/mol. The van der Waals surface area contributed by atoms with Crippen LogP contribution >= 0.6 is 15.9 Å². The van der Waals surface area contributed by atoms with Crippen LogP contribution in [0.5, 0.6) is 0 Å². The minimum Gasteiger partial charge on any atom is -0.461 e. The SMILES string of the molecule is CCOC(=O)c1[nH]nc2c(=O)oc3ccc(Br)cc3c12. The van der Waals surface area contributed by atoms with E-state index in [0.717, 1.165) is 4.47 Å². The topological polar surface area (TPSA) is 85.2 Å². The lowest BCUT2D eigenvalue weighted by atomic mass is 10.1. The van der Waals surface area contributed by atoms with Gasteiger partial charge in [-0.3, -0.25) is 5.10 Å².